The Hall–Kier alpha value is -2.75. The van der Waals surface area contributed by atoms with Crippen LogP contribution in [-0.4, -0.2) is 5.91 Å². The van der Waals surface area contributed by atoms with Crippen LogP contribution in [0.3, 0.4) is 0 Å². The van der Waals surface area contributed by atoms with Crippen LogP contribution in [0.15, 0.2) is 78.1 Å². The van der Waals surface area contributed by atoms with Gasteiger partial charge < -0.3 is 5.73 Å². The van der Waals surface area contributed by atoms with Crippen molar-refractivity contribution in [1.82, 2.24) is 0 Å². The number of nitrogens with two attached hydrogens (primary N) is 1. The fraction of sp³-hybridized carbons (Fsp3) is 0.190. The van der Waals surface area contributed by atoms with Crippen molar-refractivity contribution < 1.29 is 13.6 Å². The van der Waals surface area contributed by atoms with E-state index in [9.17, 15) is 13.6 Å². The maximum absolute atomic E-state index is 15.0. The third-order valence-corrected chi connectivity index (χ3v) is 4.64. The fourth-order valence-corrected chi connectivity index (χ4v) is 3.46. The fourth-order valence-electron chi connectivity index (χ4n) is 3.46. The number of carbonyl (C=O) groups is 1. The van der Waals surface area contributed by atoms with Gasteiger partial charge in [-0.25, -0.2) is 8.78 Å². The molecule has 4 heteroatoms. The highest BCUT2D eigenvalue weighted by molar-refractivity contribution is 5.96. The van der Waals surface area contributed by atoms with Gasteiger partial charge in [0.15, 0.2) is 0 Å². The van der Waals surface area contributed by atoms with Crippen LogP contribution in [-0.2, 0) is 10.2 Å². The molecule has 128 valence electrons. The number of primary amides is 1. The molecule has 0 aliphatic heterocycles. The number of amides is 1. The van der Waals surface area contributed by atoms with Gasteiger partial charge >= 0.3 is 0 Å². The molecule has 3 rings (SSSR count). The van der Waals surface area contributed by atoms with E-state index >= 15 is 0 Å². The Bertz CT molecular complexity index is 857. The van der Waals surface area contributed by atoms with Crippen molar-refractivity contribution in [2.75, 3.05) is 0 Å². The number of rotatable bonds is 4. The van der Waals surface area contributed by atoms with E-state index in [-0.39, 0.29) is 23.5 Å². The van der Waals surface area contributed by atoms with Crippen molar-refractivity contribution >= 4 is 5.91 Å². The Morgan fingerprint density at radius 3 is 2.32 bits per heavy atom. The second-order valence-electron chi connectivity index (χ2n) is 6.32. The van der Waals surface area contributed by atoms with E-state index in [4.69, 9.17) is 5.73 Å². The first-order chi connectivity index (χ1) is 12.0. The summed E-state index contributed by atoms with van der Waals surface area (Å²) in [5.74, 6) is -1.85. The molecule has 0 aromatic heterocycles. The normalized spacial score (nSPS) is 19.6. The lowest BCUT2D eigenvalue weighted by Crippen LogP contribution is -2.45. The van der Waals surface area contributed by atoms with E-state index in [0.29, 0.717) is 5.56 Å². The minimum atomic E-state index is -1.71. The lowest BCUT2D eigenvalue weighted by atomic mass is 9.66. The standard InChI is InChI=1S/C21H19F2NO/c1-14-11-12-17(19(23)13-14)21(20(24)25,15-7-3-2-4-8-15)16-9-5-6-10-18(16)22/h2-12,14H,13H2,1H3,(H2,24,25). The lowest BCUT2D eigenvalue weighted by Gasteiger charge is -2.35. The highest BCUT2D eigenvalue weighted by Gasteiger charge is 2.47. The van der Waals surface area contributed by atoms with Gasteiger partial charge in [-0.05, 0) is 17.5 Å². The summed E-state index contributed by atoms with van der Waals surface area (Å²) in [5, 5.41) is 0. The summed E-state index contributed by atoms with van der Waals surface area (Å²) in [6, 6.07) is 14.4. The summed E-state index contributed by atoms with van der Waals surface area (Å²) in [4.78, 5) is 12.7. The molecule has 2 N–H and O–H groups in total. The van der Waals surface area contributed by atoms with Gasteiger partial charge in [0.25, 0.3) is 0 Å². The molecular weight excluding hydrogens is 320 g/mol. The average Bonchev–Trinajstić information content (AvgIpc) is 2.59. The van der Waals surface area contributed by atoms with Crippen molar-refractivity contribution in [3.8, 4) is 0 Å². The largest absolute Gasteiger partial charge is 0.368 e. The van der Waals surface area contributed by atoms with Crippen LogP contribution < -0.4 is 5.73 Å². The number of hydrogen-bond donors (Lipinski definition) is 1. The van der Waals surface area contributed by atoms with Crippen LogP contribution in [0.1, 0.15) is 24.5 Å². The third kappa shape index (κ3) is 2.78. The zero-order valence-corrected chi connectivity index (χ0v) is 13.9. The van der Waals surface area contributed by atoms with Crippen molar-refractivity contribution in [3.05, 3.63) is 95.1 Å². The van der Waals surface area contributed by atoms with Crippen molar-refractivity contribution in [2.24, 2.45) is 11.7 Å². The van der Waals surface area contributed by atoms with Gasteiger partial charge in [0.2, 0.25) is 5.91 Å². The summed E-state index contributed by atoms with van der Waals surface area (Å²) in [5.41, 5.74) is 4.68. The summed E-state index contributed by atoms with van der Waals surface area (Å²) in [7, 11) is 0. The number of hydrogen-bond acceptors (Lipinski definition) is 1. The van der Waals surface area contributed by atoms with Crippen LogP contribution in [0, 0.1) is 11.7 Å². The van der Waals surface area contributed by atoms with E-state index in [1.165, 1.54) is 18.2 Å². The maximum atomic E-state index is 15.0. The molecule has 25 heavy (non-hydrogen) atoms. The number of halogens is 2. The average molecular weight is 339 g/mol. The highest BCUT2D eigenvalue weighted by atomic mass is 19.1. The highest BCUT2D eigenvalue weighted by Crippen LogP contribution is 2.45. The third-order valence-electron chi connectivity index (χ3n) is 4.64. The van der Waals surface area contributed by atoms with E-state index in [0.717, 1.165) is 0 Å². The summed E-state index contributed by atoms with van der Waals surface area (Å²) in [6.07, 6.45) is 3.54. The predicted molar refractivity (Wildman–Crippen MR) is 93.9 cm³/mol. The van der Waals surface area contributed by atoms with E-state index in [1.54, 1.807) is 42.5 Å². The molecule has 0 heterocycles. The van der Waals surface area contributed by atoms with Gasteiger partial charge in [0.1, 0.15) is 17.1 Å². The predicted octanol–water partition coefficient (Wildman–Crippen LogP) is 4.42. The second-order valence-corrected chi connectivity index (χ2v) is 6.32. The molecule has 0 saturated heterocycles. The molecule has 0 bridgehead atoms. The molecule has 1 amide bonds. The molecule has 1 aliphatic carbocycles. The molecule has 0 radical (unpaired) electrons. The Balaban J connectivity index is 2.40. The molecule has 2 aromatic carbocycles. The summed E-state index contributed by atoms with van der Waals surface area (Å²) in [6.45, 7) is 1.88. The molecule has 1 aliphatic rings. The van der Waals surface area contributed by atoms with Crippen molar-refractivity contribution in [2.45, 2.75) is 18.8 Å². The maximum Gasteiger partial charge on any atom is 0.237 e. The summed E-state index contributed by atoms with van der Waals surface area (Å²) >= 11 is 0. The molecule has 2 nitrogen and oxygen atoms in total. The number of benzene rings is 2. The molecule has 2 aromatic rings. The van der Waals surface area contributed by atoms with Gasteiger partial charge in [-0.15, -0.1) is 0 Å². The van der Waals surface area contributed by atoms with E-state index in [2.05, 4.69) is 0 Å². The first kappa shape index (κ1) is 17.1. The van der Waals surface area contributed by atoms with Crippen LogP contribution in [0.2, 0.25) is 0 Å². The van der Waals surface area contributed by atoms with E-state index < -0.39 is 23.0 Å². The van der Waals surface area contributed by atoms with Gasteiger partial charge in [0, 0.05) is 17.6 Å². The minimum Gasteiger partial charge on any atom is -0.368 e. The molecular formula is C21H19F2NO. The first-order valence-corrected chi connectivity index (χ1v) is 8.15. The summed E-state index contributed by atoms with van der Waals surface area (Å²) < 4.78 is 29.7. The zero-order chi connectivity index (χ0) is 18.0. The second kappa shape index (κ2) is 6.63. The van der Waals surface area contributed by atoms with Crippen molar-refractivity contribution in [1.29, 1.82) is 0 Å². The molecule has 2 atom stereocenters. The van der Waals surface area contributed by atoms with Crippen LogP contribution in [0.25, 0.3) is 0 Å². The Kier molecular flexibility index (Phi) is 4.53. The topological polar surface area (TPSA) is 43.1 Å². The van der Waals surface area contributed by atoms with Crippen LogP contribution in [0.5, 0.6) is 0 Å². The molecule has 2 unspecified atom stereocenters. The lowest BCUT2D eigenvalue weighted by molar-refractivity contribution is -0.121. The van der Waals surface area contributed by atoms with Gasteiger partial charge in [-0.2, -0.15) is 0 Å². The number of carbonyl (C=O) groups excluding carboxylic acids is 1. The molecule has 0 spiro atoms. The SMILES string of the molecule is CC1C=CC(C(C(N)=O)(c2ccccc2)c2ccccc2F)=C(F)C1. The van der Waals surface area contributed by atoms with Crippen molar-refractivity contribution in [3.63, 3.8) is 0 Å². The first-order valence-electron chi connectivity index (χ1n) is 8.15. The number of allylic oxidation sites excluding steroid dienone is 3. The molecule has 0 saturated carbocycles. The Morgan fingerprint density at radius 2 is 1.72 bits per heavy atom. The van der Waals surface area contributed by atoms with Gasteiger partial charge in [-0.1, -0.05) is 67.6 Å². The molecule has 0 fully saturated rings. The Labute approximate surface area is 145 Å². The van der Waals surface area contributed by atoms with E-state index in [1.807, 2.05) is 13.0 Å². The van der Waals surface area contributed by atoms with Gasteiger partial charge in [0.05, 0.1) is 0 Å². The smallest absolute Gasteiger partial charge is 0.237 e. The van der Waals surface area contributed by atoms with Crippen LogP contribution in [0.4, 0.5) is 8.78 Å². The Morgan fingerprint density at radius 1 is 1.08 bits per heavy atom. The van der Waals surface area contributed by atoms with Gasteiger partial charge in [-0.3, -0.25) is 4.79 Å². The van der Waals surface area contributed by atoms with Crippen LogP contribution >= 0.6 is 0 Å². The zero-order valence-electron chi connectivity index (χ0n) is 13.9. The minimum absolute atomic E-state index is 0.00530. The quantitative estimate of drug-likeness (QED) is 0.880. The monoisotopic (exact) mass is 339 g/mol.